The number of nitrogens with zero attached hydrogens (tertiary/aromatic N) is 1. The second-order valence-electron chi connectivity index (χ2n) is 2.86. The predicted octanol–water partition coefficient (Wildman–Crippen LogP) is -0.146. The summed E-state index contributed by atoms with van der Waals surface area (Å²) in [6.07, 6.45) is 0. The molecule has 0 spiro atoms. The van der Waals surface area contributed by atoms with Crippen LogP contribution in [0.3, 0.4) is 0 Å². The Morgan fingerprint density at radius 3 is 2.31 bits per heavy atom. The van der Waals surface area contributed by atoms with Gasteiger partial charge in [-0.05, 0) is 17.6 Å². The molecule has 0 aliphatic heterocycles. The van der Waals surface area contributed by atoms with Crippen molar-refractivity contribution in [3.63, 3.8) is 0 Å². The third-order valence-electron chi connectivity index (χ3n) is 1.68. The Kier molecular flexibility index (Phi) is 4.84. The number of rotatable bonds is 2. The zero-order chi connectivity index (χ0) is 9.14. The van der Waals surface area contributed by atoms with Gasteiger partial charge < -0.3 is 14.9 Å². The highest BCUT2D eigenvalue weighted by Gasteiger charge is 2.10. The first-order valence-corrected chi connectivity index (χ1v) is 3.74. The van der Waals surface area contributed by atoms with E-state index >= 15 is 0 Å². The van der Waals surface area contributed by atoms with Crippen LogP contribution in [0.1, 0.15) is 0 Å². The van der Waals surface area contributed by atoms with Crippen molar-refractivity contribution >= 4 is 30.7 Å². The van der Waals surface area contributed by atoms with E-state index in [1.807, 2.05) is 25.1 Å². The van der Waals surface area contributed by atoms with Crippen molar-refractivity contribution in [1.82, 2.24) is 0 Å². The molecule has 72 valence electrons. The van der Waals surface area contributed by atoms with Gasteiger partial charge in [0.25, 0.3) is 0 Å². The minimum absolute atomic E-state index is 0. The molecule has 0 aliphatic carbocycles. The van der Waals surface area contributed by atoms with Crippen LogP contribution in [-0.2, 0) is 0 Å². The van der Waals surface area contributed by atoms with Gasteiger partial charge in [-0.3, -0.25) is 0 Å². The molecule has 0 heterocycles. The fourth-order valence-corrected chi connectivity index (χ4v) is 0.964. The molecule has 0 atom stereocenters. The Morgan fingerprint density at radius 1 is 1.23 bits per heavy atom. The number of hydrogen-bond donors (Lipinski definition) is 2. The first-order chi connectivity index (χ1) is 5.61. The fourth-order valence-electron chi connectivity index (χ4n) is 0.964. The van der Waals surface area contributed by atoms with E-state index in [9.17, 15) is 0 Å². The molecule has 0 fully saturated rings. The van der Waals surface area contributed by atoms with Crippen LogP contribution in [-0.4, -0.2) is 31.3 Å². The van der Waals surface area contributed by atoms with E-state index in [2.05, 4.69) is 0 Å². The van der Waals surface area contributed by atoms with Gasteiger partial charge in [-0.15, -0.1) is 12.4 Å². The van der Waals surface area contributed by atoms with Crippen molar-refractivity contribution in [2.24, 2.45) is 0 Å². The molecule has 5 heteroatoms. The molecular formula is C8H13BClNO2. The van der Waals surface area contributed by atoms with E-state index in [-0.39, 0.29) is 12.4 Å². The molecule has 0 saturated carbocycles. The first-order valence-electron chi connectivity index (χ1n) is 3.74. The number of hydrogen-bond acceptors (Lipinski definition) is 3. The predicted molar refractivity (Wildman–Crippen MR) is 57.8 cm³/mol. The molecule has 1 rings (SSSR count). The Hall–Kier alpha value is -0.705. The third-order valence-corrected chi connectivity index (χ3v) is 1.68. The summed E-state index contributed by atoms with van der Waals surface area (Å²) < 4.78 is 0. The van der Waals surface area contributed by atoms with E-state index < -0.39 is 7.12 Å². The van der Waals surface area contributed by atoms with Crippen molar-refractivity contribution in [2.75, 3.05) is 19.0 Å². The summed E-state index contributed by atoms with van der Waals surface area (Å²) in [6, 6.07) is 7.12. The van der Waals surface area contributed by atoms with E-state index in [0.29, 0.717) is 5.46 Å². The summed E-state index contributed by atoms with van der Waals surface area (Å²) in [5.41, 5.74) is 1.47. The second-order valence-corrected chi connectivity index (χ2v) is 2.86. The van der Waals surface area contributed by atoms with E-state index in [1.165, 1.54) is 0 Å². The number of benzene rings is 1. The molecule has 0 bridgehead atoms. The van der Waals surface area contributed by atoms with Crippen molar-refractivity contribution in [2.45, 2.75) is 0 Å². The van der Waals surface area contributed by atoms with Crippen LogP contribution in [0.25, 0.3) is 0 Å². The molecular weight excluding hydrogens is 188 g/mol. The first kappa shape index (κ1) is 12.3. The van der Waals surface area contributed by atoms with Crippen LogP contribution in [0.15, 0.2) is 24.3 Å². The smallest absolute Gasteiger partial charge is 0.423 e. The van der Waals surface area contributed by atoms with Crippen LogP contribution < -0.4 is 10.4 Å². The van der Waals surface area contributed by atoms with Gasteiger partial charge in [-0.25, -0.2) is 0 Å². The molecule has 3 nitrogen and oxygen atoms in total. The maximum Gasteiger partial charge on any atom is 0.488 e. The van der Waals surface area contributed by atoms with Crippen molar-refractivity contribution in [3.05, 3.63) is 24.3 Å². The summed E-state index contributed by atoms with van der Waals surface area (Å²) >= 11 is 0. The Morgan fingerprint density at radius 2 is 1.85 bits per heavy atom. The third kappa shape index (κ3) is 3.26. The zero-order valence-corrected chi connectivity index (χ0v) is 8.45. The average Bonchev–Trinajstić information content (AvgIpc) is 2.04. The minimum atomic E-state index is -1.38. The molecule has 0 unspecified atom stereocenters. The van der Waals surface area contributed by atoms with E-state index in [4.69, 9.17) is 10.0 Å². The fraction of sp³-hybridized carbons (Fsp3) is 0.250. The Labute approximate surface area is 84.6 Å². The summed E-state index contributed by atoms with van der Waals surface area (Å²) in [7, 11) is 2.43. The Bertz CT molecular complexity index is 245. The van der Waals surface area contributed by atoms with Crippen molar-refractivity contribution < 1.29 is 10.0 Å². The van der Waals surface area contributed by atoms with Gasteiger partial charge in [0.1, 0.15) is 0 Å². The summed E-state index contributed by atoms with van der Waals surface area (Å²) in [5.74, 6) is 0. The van der Waals surface area contributed by atoms with Gasteiger partial charge in [0.15, 0.2) is 0 Å². The zero-order valence-electron chi connectivity index (χ0n) is 7.64. The largest absolute Gasteiger partial charge is 0.488 e. The van der Waals surface area contributed by atoms with Gasteiger partial charge in [0, 0.05) is 19.8 Å². The van der Waals surface area contributed by atoms with Crippen molar-refractivity contribution in [1.29, 1.82) is 0 Å². The molecule has 1 aromatic rings. The van der Waals surface area contributed by atoms with Crippen LogP contribution in [0, 0.1) is 0 Å². The van der Waals surface area contributed by atoms with Gasteiger partial charge in [-0.1, -0.05) is 12.1 Å². The lowest BCUT2D eigenvalue weighted by Crippen LogP contribution is -2.30. The molecule has 0 aromatic heterocycles. The normalized spacial score (nSPS) is 8.92. The second kappa shape index (κ2) is 5.12. The summed E-state index contributed by atoms with van der Waals surface area (Å²) in [4.78, 5) is 1.91. The highest BCUT2D eigenvalue weighted by molar-refractivity contribution is 6.58. The molecule has 0 amide bonds. The van der Waals surface area contributed by atoms with Crippen LogP contribution in [0.5, 0.6) is 0 Å². The quantitative estimate of drug-likeness (QED) is 0.655. The Balaban J connectivity index is 0.00000144. The molecule has 0 radical (unpaired) electrons. The highest BCUT2D eigenvalue weighted by Crippen LogP contribution is 2.06. The number of anilines is 1. The lowest BCUT2D eigenvalue weighted by atomic mass is 9.80. The maximum atomic E-state index is 8.87. The van der Waals surface area contributed by atoms with Crippen LogP contribution in [0.2, 0.25) is 0 Å². The summed E-state index contributed by atoms with van der Waals surface area (Å²) in [6.45, 7) is 0. The summed E-state index contributed by atoms with van der Waals surface area (Å²) in [5, 5.41) is 17.7. The van der Waals surface area contributed by atoms with Crippen molar-refractivity contribution in [3.8, 4) is 0 Å². The standard InChI is InChI=1S/C8H12BNO2.ClH/c1-10(2)8-5-3-4-7(6-8)9(11)12;/h3-6,11-12H,1-2H3;1H. The van der Waals surface area contributed by atoms with E-state index in [0.717, 1.165) is 5.69 Å². The van der Waals surface area contributed by atoms with Gasteiger partial charge in [0.2, 0.25) is 0 Å². The van der Waals surface area contributed by atoms with E-state index in [1.54, 1.807) is 18.2 Å². The molecule has 2 N–H and O–H groups in total. The van der Waals surface area contributed by atoms with Gasteiger partial charge in [0.05, 0.1) is 0 Å². The topological polar surface area (TPSA) is 43.7 Å². The number of halogens is 1. The molecule has 0 aliphatic rings. The molecule has 13 heavy (non-hydrogen) atoms. The van der Waals surface area contributed by atoms with Crippen LogP contribution in [0.4, 0.5) is 5.69 Å². The lowest BCUT2D eigenvalue weighted by Gasteiger charge is -2.13. The molecule has 0 saturated heterocycles. The monoisotopic (exact) mass is 201 g/mol. The highest BCUT2D eigenvalue weighted by atomic mass is 35.5. The molecule has 1 aromatic carbocycles. The lowest BCUT2D eigenvalue weighted by molar-refractivity contribution is 0.426. The average molecular weight is 201 g/mol. The SMILES string of the molecule is CN(C)c1cccc(B(O)O)c1.Cl. The van der Waals surface area contributed by atoms with Crippen LogP contribution >= 0.6 is 12.4 Å². The maximum absolute atomic E-state index is 8.87. The van der Waals surface area contributed by atoms with Gasteiger partial charge in [-0.2, -0.15) is 0 Å². The van der Waals surface area contributed by atoms with Gasteiger partial charge >= 0.3 is 7.12 Å². The minimum Gasteiger partial charge on any atom is -0.423 e.